The predicted molar refractivity (Wildman–Crippen MR) is 96.3 cm³/mol. The molecule has 1 aliphatic rings. The molecule has 3 rings (SSSR count). The van der Waals surface area contributed by atoms with Crippen LogP contribution in [-0.4, -0.2) is 40.2 Å². The average Bonchev–Trinajstić information content (AvgIpc) is 2.63. The van der Waals surface area contributed by atoms with Crippen molar-refractivity contribution in [2.24, 2.45) is 0 Å². The lowest BCUT2D eigenvalue weighted by Crippen LogP contribution is -2.39. The zero-order valence-corrected chi connectivity index (χ0v) is 14.3. The SMILES string of the molecule is O=C(Oc1ccc(C(=S)N2CCC(O)CC2)cc1)c1ccccc1F. The first-order valence-corrected chi connectivity index (χ1v) is 8.49. The Balaban J connectivity index is 1.65. The Morgan fingerprint density at radius 2 is 1.76 bits per heavy atom. The summed E-state index contributed by atoms with van der Waals surface area (Å²) in [6, 6.07) is 12.5. The summed E-state index contributed by atoms with van der Waals surface area (Å²) in [4.78, 5) is 14.8. The fraction of sp³-hybridized carbons (Fsp3) is 0.263. The molecule has 4 nitrogen and oxygen atoms in total. The van der Waals surface area contributed by atoms with E-state index in [1.165, 1.54) is 18.2 Å². The lowest BCUT2D eigenvalue weighted by Gasteiger charge is -2.31. The van der Waals surface area contributed by atoms with Gasteiger partial charge in [0, 0.05) is 18.7 Å². The van der Waals surface area contributed by atoms with Gasteiger partial charge in [-0.1, -0.05) is 24.4 Å². The molecule has 0 atom stereocenters. The zero-order chi connectivity index (χ0) is 17.8. The van der Waals surface area contributed by atoms with Crippen LogP contribution in [0.2, 0.25) is 0 Å². The predicted octanol–water partition coefficient (Wildman–Crippen LogP) is 3.18. The van der Waals surface area contributed by atoms with Crippen molar-refractivity contribution in [2.75, 3.05) is 13.1 Å². The topological polar surface area (TPSA) is 49.8 Å². The number of aliphatic hydroxyl groups excluding tert-OH is 1. The summed E-state index contributed by atoms with van der Waals surface area (Å²) < 4.78 is 18.8. The van der Waals surface area contributed by atoms with Crippen LogP contribution in [0.4, 0.5) is 4.39 Å². The Kier molecular flexibility index (Phi) is 5.40. The Morgan fingerprint density at radius 3 is 2.40 bits per heavy atom. The number of likely N-dealkylation sites (tertiary alicyclic amines) is 1. The number of halogens is 1. The van der Waals surface area contributed by atoms with Gasteiger partial charge in [0.1, 0.15) is 16.6 Å². The van der Waals surface area contributed by atoms with Gasteiger partial charge in [-0.15, -0.1) is 0 Å². The molecule has 0 radical (unpaired) electrons. The molecule has 0 amide bonds. The Labute approximate surface area is 150 Å². The van der Waals surface area contributed by atoms with Crippen LogP contribution in [0.5, 0.6) is 5.75 Å². The van der Waals surface area contributed by atoms with E-state index >= 15 is 0 Å². The van der Waals surface area contributed by atoms with E-state index in [1.807, 2.05) is 0 Å². The second-order valence-electron chi connectivity index (χ2n) is 5.92. The van der Waals surface area contributed by atoms with Gasteiger partial charge >= 0.3 is 5.97 Å². The molecule has 1 heterocycles. The van der Waals surface area contributed by atoms with Crippen molar-refractivity contribution < 1.29 is 19.0 Å². The molecular formula is C19H18FNO3S. The van der Waals surface area contributed by atoms with E-state index in [2.05, 4.69) is 4.90 Å². The second-order valence-corrected chi connectivity index (χ2v) is 6.30. The van der Waals surface area contributed by atoms with E-state index in [9.17, 15) is 14.3 Å². The summed E-state index contributed by atoms with van der Waals surface area (Å²) in [5, 5.41) is 9.57. The van der Waals surface area contributed by atoms with E-state index < -0.39 is 11.8 Å². The molecule has 25 heavy (non-hydrogen) atoms. The molecule has 1 aliphatic heterocycles. The quantitative estimate of drug-likeness (QED) is 0.518. The fourth-order valence-electron chi connectivity index (χ4n) is 2.71. The van der Waals surface area contributed by atoms with Crippen molar-refractivity contribution in [3.8, 4) is 5.75 Å². The molecule has 6 heteroatoms. The summed E-state index contributed by atoms with van der Waals surface area (Å²) in [5.74, 6) is -1.02. The van der Waals surface area contributed by atoms with Crippen LogP contribution in [0.15, 0.2) is 48.5 Å². The Morgan fingerprint density at radius 1 is 1.12 bits per heavy atom. The highest BCUT2D eigenvalue weighted by atomic mass is 32.1. The lowest BCUT2D eigenvalue weighted by atomic mass is 10.1. The zero-order valence-electron chi connectivity index (χ0n) is 13.5. The number of thiocarbonyl (C=S) groups is 1. The molecule has 0 bridgehead atoms. The van der Waals surface area contributed by atoms with E-state index in [0.717, 1.165) is 18.7 Å². The highest BCUT2D eigenvalue weighted by Crippen LogP contribution is 2.19. The van der Waals surface area contributed by atoms with E-state index in [0.29, 0.717) is 23.6 Å². The van der Waals surface area contributed by atoms with Crippen LogP contribution in [0.25, 0.3) is 0 Å². The van der Waals surface area contributed by atoms with Gasteiger partial charge in [0.25, 0.3) is 0 Å². The number of hydrogen-bond acceptors (Lipinski definition) is 4. The first kappa shape index (κ1) is 17.5. The molecule has 1 saturated heterocycles. The third kappa shape index (κ3) is 4.21. The highest BCUT2D eigenvalue weighted by Gasteiger charge is 2.20. The van der Waals surface area contributed by atoms with Crippen molar-refractivity contribution in [1.82, 2.24) is 4.90 Å². The molecule has 2 aromatic carbocycles. The van der Waals surface area contributed by atoms with Gasteiger partial charge in [-0.25, -0.2) is 9.18 Å². The van der Waals surface area contributed by atoms with Crippen LogP contribution in [0.3, 0.4) is 0 Å². The molecular weight excluding hydrogens is 341 g/mol. The molecule has 130 valence electrons. The van der Waals surface area contributed by atoms with Crippen LogP contribution in [0.1, 0.15) is 28.8 Å². The average molecular weight is 359 g/mol. The normalized spacial score (nSPS) is 15.0. The summed E-state index contributed by atoms with van der Waals surface area (Å²) in [5.41, 5.74) is 0.742. The number of nitrogens with zero attached hydrogens (tertiary/aromatic N) is 1. The van der Waals surface area contributed by atoms with E-state index in [1.54, 1.807) is 30.3 Å². The minimum absolute atomic E-state index is 0.103. The number of ether oxygens (including phenoxy) is 1. The number of piperidine rings is 1. The maximum Gasteiger partial charge on any atom is 0.346 e. The monoisotopic (exact) mass is 359 g/mol. The fourth-order valence-corrected chi connectivity index (χ4v) is 3.02. The van der Waals surface area contributed by atoms with Gasteiger partial charge < -0.3 is 14.7 Å². The number of aliphatic hydroxyl groups is 1. The Bertz CT molecular complexity index is 770. The van der Waals surface area contributed by atoms with Gasteiger partial charge in [-0.2, -0.15) is 0 Å². The molecule has 0 aliphatic carbocycles. The third-order valence-corrected chi connectivity index (χ3v) is 4.65. The first-order valence-electron chi connectivity index (χ1n) is 8.08. The number of rotatable bonds is 3. The summed E-state index contributed by atoms with van der Waals surface area (Å²) >= 11 is 5.49. The van der Waals surface area contributed by atoms with Crippen molar-refractivity contribution in [3.05, 3.63) is 65.5 Å². The number of benzene rings is 2. The van der Waals surface area contributed by atoms with Crippen molar-refractivity contribution in [2.45, 2.75) is 18.9 Å². The molecule has 2 aromatic rings. The third-order valence-electron chi connectivity index (χ3n) is 4.16. The van der Waals surface area contributed by atoms with Gasteiger partial charge in [0.15, 0.2) is 0 Å². The standard InChI is InChI=1S/C19H18FNO3S/c20-17-4-2-1-3-16(17)19(23)24-15-7-5-13(6-8-15)18(25)21-11-9-14(22)10-12-21/h1-8,14,22H,9-12H2. The maximum absolute atomic E-state index is 13.6. The second kappa shape index (κ2) is 7.72. The van der Waals surface area contributed by atoms with Gasteiger partial charge in [0.05, 0.1) is 11.7 Å². The summed E-state index contributed by atoms with van der Waals surface area (Å²) in [6.45, 7) is 1.45. The number of carbonyl (C=O) groups is 1. The first-order chi connectivity index (χ1) is 12.0. The van der Waals surface area contributed by atoms with Crippen LogP contribution < -0.4 is 4.74 Å². The van der Waals surface area contributed by atoms with Crippen LogP contribution in [-0.2, 0) is 0 Å². The highest BCUT2D eigenvalue weighted by molar-refractivity contribution is 7.80. The van der Waals surface area contributed by atoms with Gasteiger partial charge in [-0.3, -0.25) is 0 Å². The molecule has 1 N–H and O–H groups in total. The van der Waals surface area contributed by atoms with Gasteiger partial charge in [-0.05, 0) is 49.2 Å². The Hall–Kier alpha value is -2.31. The smallest absolute Gasteiger partial charge is 0.346 e. The maximum atomic E-state index is 13.6. The largest absolute Gasteiger partial charge is 0.423 e. The molecule has 0 unspecified atom stereocenters. The van der Waals surface area contributed by atoms with Crippen molar-refractivity contribution in [1.29, 1.82) is 0 Å². The minimum Gasteiger partial charge on any atom is -0.423 e. The minimum atomic E-state index is -0.738. The van der Waals surface area contributed by atoms with Crippen molar-refractivity contribution in [3.63, 3.8) is 0 Å². The summed E-state index contributed by atoms with van der Waals surface area (Å²) in [7, 11) is 0. The number of esters is 1. The number of hydrogen-bond donors (Lipinski definition) is 1. The molecule has 0 saturated carbocycles. The molecule has 0 aromatic heterocycles. The van der Waals surface area contributed by atoms with Crippen LogP contribution >= 0.6 is 12.2 Å². The summed E-state index contributed by atoms with van der Waals surface area (Å²) in [6.07, 6.45) is 1.16. The van der Waals surface area contributed by atoms with Gasteiger partial charge in [0.2, 0.25) is 0 Å². The van der Waals surface area contributed by atoms with E-state index in [4.69, 9.17) is 17.0 Å². The molecule has 1 fully saturated rings. The molecule has 0 spiro atoms. The van der Waals surface area contributed by atoms with Crippen LogP contribution in [0, 0.1) is 5.82 Å². The number of carbonyl (C=O) groups excluding carboxylic acids is 1. The van der Waals surface area contributed by atoms with E-state index in [-0.39, 0.29) is 11.7 Å². The van der Waals surface area contributed by atoms with Crippen molar-refractivity contribution >= 4 is 23.2 Å². The lowest BCUT2D eigenvalue weighted by molar-refractivity contribution is 0.0730.